The molecular formula is C21H33N3O3. The fourth-order valence-corrected chi connectivity index (χ4v) is 3.68. The van der Waals surface area contributed by atoms with Gasteiger partial charge in [0.05, 0.1) is 5.69 Å². The van der Waals surface area contributed by atoms with Crippen molar-refractivity contribution in [1.82, 2.24) is 9.80 Å². The Hall–Kier alpha value is -1.95. The summed E-state index contributed by atoms with van der Waals surface area (Å²) in [6, 6.07) is 6.35. The minimum absolute atomic E-state index is 0.206. The van der Waals surface area contributed by atoms with Crippen molar-refractivity contribution in [2.75, 3.05) is 38.1 Å². The van der Waals surface area contributed by atoms with Crippen LogP contribution in [0.5, 0.6) is 5.75 Å². The minimum Gasteiger partial charge on any atom is -0.490 e. The standard InChI is InChI=1S/C21H33N3O3/c1-5-23-11-8-17(9-12-23)24(20(25)27-21(2,3)4)15-16-6-7-18-19(14-16)26-13-10-22-18/h6-7,14,17,22H,5,8-13,15H2,1-4H3. The Morgan fingerprint density at radius 2 is 2.07 bits per heavy atom. The van der Waals surface area contributed by atoms with Crippen LogP contribution in [-0.2, 0) is 11.3 Å². The number of nitrogens with zero attached hydrogens (tertiary/aromatic N) is 2. The van der Waals surface area contributed by atoms with Crippen LogP contribution in [0.1, 0.15) is 46.1 Å². The van der Waals surface area contributed by atoms with E-state index in [0.29, 0.717) is 13.2 Å². The summed E-state index contributed by atoms with van der Waals surface area (Å²) in [5.41, 5.74) is 1.59. The van der Waals surface area contributed by atoms with Crippen LogP contribution in [0.25, 0.3) is 0 Å². The molecule has 1 aromatic rings. The molecule has 3 rings (SSSR count). The Morgan fingerprint density at radius 3 is 2.74 bits per heavy atom. The molecule has 0 radical (unpaired) electrons. The number of carbonyl (C=O) groups excluding carboxylic acids is 1. The van der Waals surface area contributed by atoms with E-state index in [9.17, 15) is 4.79 Å². The Kier molecular flexibility index (Phi) is 6.15. The molecule has 0 atom stereocenters. The lowest BCUT2D eigenvalue weighted by Gasteiger charge is -2.39. The molecule has 2 aliphatic heterocycles. The van der Waals surface area contributed by atoms with E-state index >= 15 is 0 Å². The molecule has 0 spiro atoms. The lowest BCUT2D eigenvalue weighted by molar-refractivity contribution is 0.00603. The van der Waals surface area contributed by atoms with Gasteiger partial charge >= 0.3 is 6.09 Å². The maximum absolute atomic E-state index is 12.9. The van der Waals surface area contributed by atoms with Crippen LogP contribution in [0, 0.1) is 0 Å². The molecule has 1 amide bonds. The molecule has 6 heteroatoms. The first-order valence-electron chi connectivity index (χ1n) is 10.1. The molecule has 2 heterocycles. The average Bonchev–Trinajstić information content (AvgIpc) is 2.64. The van der Waals surface area contributed by atoms with Crippen molar-refractivity contribution in [2.45, 2.75) is 58.7 Å². The maximum atomic E-state index is 12.9. The third-order valence-corrected chi connectivity index (χ3v) is 5.15. The Balaban J connectivity index is 1.76. The summed E-state index contributed by atoms with van der Waals surface area (Å²) in [4.78, 5) is 17.3. The van der Waals surface area contributed by atoms with Crippen LogP contribution in [0.2, 0.25) is 0 Å². The fraction of sp³-hybridized carbons (Fsp3) is 0.667. The highest BCUT2D eigenvalue weighted by atomic mass is 16.6. The summed E-state index contributed by atoms with van der Waals surface area (Å²) in [7, 11) is 0. The van der Waals surface area contributed by atoms with Crippen molar-refractivity contribution in [3.8, 4) is 5.75 Å². The van der Waals surface area contributed by atoms with Gasteiger partial charge in [0.15, 0.2) is 0 Å². The molecule has 1 aromatic carbocycles. The number of benzene rings is 1. The molecule has 0 unspecified atom stereocenters. The lowest BCUT2D eigenvalue weighted by Crippen LogP contribution is -2.48. The highest BCUT2D eigenvalue weighted by molar-refractivity contribution is 5.69. The number of nitrogens with one attached hydrogen (secondary N) is 1. The van der Waals surface area contributed by atoms with Gasteiger partial charge in [0, 0.05) is 32.2 Å². The summed E-state index contributed by atoms with van der Waals surface area (Å²) >= 11 is 0. The number of likely N-dealkylation sites (tertiary alicyclic amines) is 1. The van der Waals surface area contributed by atoms with E-state index in [-0.39, 0.29) is 12.1 Å². The molecule has 1 fully saturated rings. The molecule has 0 saturated carbocycles. The highest BCUT2D eigenvalue weighted by Crippen LogP contribution is 2.30. The minimum atomic E-state index is -0.498. The van der Waals surface area contributed by atoms with Gasteiger partial charge in [0.2, 0.25) is 0 Å². The van der Waals surface area contributed by atoms with Gasteiger partial charge in [0.25, 0.3) is 0 Å². The summed E-state index contributed by atoms with van der Waals surface area (Å²) in [6.45, 7) is 13.1. The number of amides is 1. The van der Waals surface area contributed by atoms with E-state index in [1.165, 1.54) is 0 Å². The van der Waals surface area contributed by atoms with Crippen LogP contribution < -0.4 is 10.1 Å². The number of carbonyl (C=O) groups is 1. The quantitative estimate of drug-likeness (QED) is 0.869. The van der Waals surface area contributed by atoms with Gasteiger partial charge in [-0.15, -0.1) is 0 Å². The molecule has 150 valence electrons. The van der Waals surface area contributed by atoms with Crippen LogP contribution in [0.3, 0.4) is 0 Å². The molecule has 0 aliphatic carbocycles. The fourth-order valence-electron chi connectivity index (χ4n) is 3.68. The molecule has 1 saturated heterocycles. The number of hydrogen-bond donors (Lipinski definition) is 1. The van der Waals surface area contributed by atoms with Gasteiger partial charge < -0.3 is 24.6 Å². The van der Waals surface area contributed by atoms with E-state index in [2.05, 4.69) is 23.2 Å². The van der Waals surface area contributed by atoms with Gasteiger partial charge in [-0.2, -0.15) is 0 Å². The average molecular weight is 376 g/mol. The van der Waals surface area contributed by atoms with Crippen molar-refractivity contribution >= 4 is 11.8 Å². The van der Waals surface area contributed by atoms with Gasteiger partial charge in [-0.3, -0.25) is 0 Å². The van der Waals surface area contributed by atoms with E-state index < -0.39 is 5.60 Å². The molecule has 0 aromatic heterocycles. The lowest BCUT2D eigenvalue weighted by atomic mass is 10.0. The third-order valence-electron chi connectivity index (χ3n) is 5.15. The van der Waals surface area contributed by atoms with Crippen molar-refractivity contribution in [1.29, 1.82) is 0 Å². The second kappa shape index (κ2) is 8.38. The molecule has 6 nitrogen and oxygen atoms in total. The zero-order valence-electron chi connectivity index (χ0n) is 17.1. The highest BCUT2D eigenvalue weighted by Gasteiger charge is 2.31. The van der Waals surface area contributed by atoms with Crippen molar-refractivity contribution < 1.29 is 14.3 Å². The zero-order valence-corrected chi connectivity index (χ0v) is 17.1. The topological polar surface area (TPSA) is 54.0 Å². The molecule has 0 bridgehead atoms. The largest absolute Gasteiger partial charge is 0.490 e. The SMILES string of the molecule is CCN1CCC(N(Cc2ccc3c(c2)OCCN3)C(=O)OC(C)(C)C)CC1. The first kappa shape index (κ1) is 19.8. The second-order valence-corrected chi connectivity index (χ2v) is 8.38. The number of fused-ring (bicyclic) bond motifs is 1. The molecule has 27 heavy (non-hydrogen) atoms. The van der Waals surface area contributed by atoms with Gasteiger partial charge in [-0.05, 0) is 57.9 Å². The van der Waals surface area contributed by atoms with E-state index in [1.807, 2.05) is 37.8 Å². The maximum Gasteiger partial charge on any atom is 0.410 e. The number of rotatable bonds is 4. The predicted octanol–water partition coefficient (Wildman–Crippen LogP) is 3.71. The summed E-state index contributed by atoms with van der Waals surface area (Å²) in [5.74, 6) is 0.865. The third kappa shape index (κ3) is 5.28. The summed E-state index contributed by atoms with van der Waals surface area (Å²) < 4.78 is 11.5. The number of anilines is 1. The van der Waals surface area contributed by atoms with Crippen LogP contribution in [0.15, 0.2) is 18.2 Å². The van der Waals surface area contributed by atoms with Crippen molar-refractivity contribution in [3.05, 3.63) is 23.8 Å². The van der Waals surface area contributed by atoms with E-state index in [4.69, 9.17) is 9.47 Å². The smallest absolute Gasteiger partial charge is 0.410 e. The van der Waals surface area contributed by atoms with Crippen LogP contribution in [0.4, 0.5) is 10.5 Å². The number of ether oxygens (including phenoxy) is 2. The predicted molar refractivity (Wildman–Crippen MR) is 107 cm³/mol. The van der Waals surface area contributed by atoms with Gasteiger partial charge in [0.1, 0.15) is 18.0 Å². The second-order valence-electron chi connectivity index (χ2n) is 8.38. The Labute approximate surface area is 162 Å². The van der Waals surface area contributed by atoms with Crippen molar-refractivity contribution in [2.24, 2.45) is 0 Å². The number of piperidine rings is 1. The van der Waals surface area contributed by atoms with E-state index in [1.54, 1.807) is 0 Å². The Morgan fingerprint density at radius 1 is 1.33 bits per heavy atom. The first-order valence-corrected chi connectivity index (χ1v) is 10.1. The summed E-state index contributed by atoms with van der Waals surface area (Å²) in [6.07, 6.45) is 1.74. The van der Waals surface area contributed by atoms with Gasteiger partial charge in [-0.25, -0.2) is 4.79 Å². The van der Waals surface area contributed by atoms with Crippen LogP contribution >= 0.6 is 0 Å². The van der Waals surface area contributed by atoms with Crippen molar-refractivity contribution in [3.63, 3.8) is 0 Å². The van der Waals surface area contributed by atoms with E-state index in [0.717, 1.165) is 56.0 Å². The van der Waals surface area contributed by atoms with Gasteiger partial charge in [-0.1, -0.05) is 13.0 Å². The first-order chi connectivity index (χ1) is 12.9. The molecular weight excluding hydrogens is 342 g/mol. The molecule has 2 aliphatic rings. The molecule has 1 N–H and O–H groups in total. The Bertz CT molecular complexity index is 649. The normalized spacial score (nSPS) is 18.2. The monoisotopic (exact) mass is 375 g/mol. The summed E-state index contributed by atoms with van der Waals surface area (Å²) in [5, 5.41) is 3.34. The van der Waals surface area contributed by atoms with Crippen LogP contribution in [-0.4, -0.2) is 60.3 Å². The number of hydrogen-bond acceptors (Lipinski definition) is 5. The zero-order chi connectivity index (χ0) is 19.4.